The summed E-state index contributed by atoms with van der Waals surface area (Å²) < 4.78 is 5.24. The monoisotopic (exact) mass is 235 g/mol. The lowest BCUT2D eigenvalue weighted by Crippen LogP contribution is -2.29. The van der Waals surface area contributed by atoms with E-state index in [4.69, 9.17) is 9.57 Å². The summed E-state index contributed by atoms with van der Waals surface area (Å²) in [5.41, 5.74) is 3.44. The van der Waals surface area contributed by atoms with Crippen molar-refractivity contribution in [1.82, 2.24) is 5.48 Å². The fraction of sp³-hybridized carbons (Fsp3) is 0.308. The van der Waals surface area contributed by atoms with Gasteiger partial charge in [0.05, 0.1) is 6.61 Å². The molecular formula is C13H17NO3. The predicted molar refractivity (Wildman–Crippen MR) is 65.5 cm³/mol. The Morgan fingerprint density at radius 1 is 1.29 bits per heavy atom. The van der Waals surface area contributed by atoms with Crippen LogP contribution >= 0.6 is 0 Å². The summed E-state index contributed by atoms with van der Waals surface area (Å²) in [6.45, 7) is 4.23. The molecule has 92 valence electrons. The standard InChI is InChI=1S/C13H17NO3/c1-11(2)8-9-17-14-13(15)10-16-12-6-4-3-5-7-12/h3-8H,9-10H2,1-2H3,(H,14,15). The van der Waals surface area contributed by atoms with Crippen molar-refractivity contribution in [3.63, 3.8) is 0 Å². The largest absolute Gasteiger partial charge is 0.484 e. The second-order valence-corrected chi connectivity index (χ2v) is 3.72. The first-order valence-electron chi connectivity index (χ1n) is 5.40. The van der Waals surface area contributed by atoms with Crippen molar-refractivity contribution in [2.45, 2.75) is 13.8 Å². The van der Waals surface area contributed by atoms with Gasteiger partial charge in [0.2, 0.25) is 0 Å². The maximum atomic E-state index is 11.3. The van der Waals surface area contributed by atoms with Crippen LogP contribution in [0.3, 0.4) is 0 Å². The van der Waals surface area contributed by atoms with Crippen molar-refractivity contribution in [3.8, 4) is 5.75 Å². The van der Waals surface area contributed by atoms with Gasteiger partial charge in [-0.2, -0.15) is 0 Å². The molecule has 1 aromatic rings. The average molecular weight is 235 g/mol. The van der Waals surface area contributed by atoms with Crippen molar-refractivity contribution in [2.24, 2.45) is 0 Å². The fourth-order valence-electron chi connectivity index (χ4n) is 1.03. The molecule has 0 fully saturated rings. The second-order valence-electron chi connectivity index (χ2n) is 3.72. The number of hydrogen-bond donors (Lipinski definition) is 1. The van der Waals surface area contributed by atoms with E-state index >= 15 is 0 Å². The molecule has 0 heterocycles. The van der Waals surface area contributed by atoms with Gasteiger partial charge >= 0.3 is 0 Å². The van der Waals surface area contributed by atoms with Crippen LogP contribution in [0.1, 0.15) is 13.8 Å². The van der Waals surface area contributed by atoms with Crippen molar-refractivity contribution < 1.29 is 14.4 Å². The first kappa shape index (κ1) is 13.3. The number of ether oxygens (including phenoxy) is 1. The predicted octanol–water partition coefficient (Wildman–Crippen LogP) is 2.08. The second kappa shape index (κ2) is 7.46. The highest BCUT2D eigenvalue weighted by Gasteiger charge is 2.01. The number of nitrogens with one attached hydrogen (secondary N) is 1. The summed E-state index contributed by atoms with van der Waals surface area (Å²) in [7, 11) is 0. The van der Waals surface area contributed by atoms with Crippen LogP contribution in [0.25, 0.3) is 0 Å². The summed E-state index contributed by atoms with van der Waals surface area (Å²) >= 11 is 0. The minimum atomic E-state index is -0.309. The Kier molecular flexibility index (Phi) is 5.82. The number of amides is 1. The molecule has 0 aliphatic heterocycles. The molecule has 1 amide bonds. The van der Waals surface area contributed by atoms with Gasteiger partial charge in [0.1, 0.15) is 5.75 Å². The molecule has 4 heteroatoms. The first-order valence-corrected chi connectivity index (χ1v) is 5.40. The number of carbonyl (C=O) groups excluding carboxylic acids is 1. The van der Waals surface area contributed by atoms with E-state index in [9.17, 15) is 4.79 Å². The highest BCUT2D eigenvalue weighted by molar-refractivity contribution is 5.76. The van der Waals surface area contributed by atoms with Gasteiger partial charge in [-0.3, -0.25) is 9.63 Å². The highest BCUT2D eigenvalue weighted by Crippen LogP contribution is 2.07. The number of para-hydroxylation sites is 1. The quantitative estimate of drug-likeness (QED) is 0.466. The minimum Gasteiger partial charge on any atom is -0.484 e. The number of hydroxylamine groups is 1. The van der Waals surface area contributed by atoms with Gasteiger partial charge in [0, 0.05) is 0 Å². The van der Waals surface area contributed by atoms with Crippen LogP contribution in [0.15, 0.2) is 42.0 Å². The third kappa shape index (κ3) is 6.37. The van der Waals surface area contributed by atoms with E-state index in [1.807, 2.05) is 38.1 Å². The number of carbonyl (C=O) groups is 1. The summed E-state index contributed by atoms with van der Waals surface area (Å²) in [5.74, 6) is 0.350. The lowest BCUT2D eigenvalue weighted by Gasteiger charge is -2.06. The number of hydrogen-bond acceptors (Lipinski definition) is 3. The third-order valence-electron chi connectivity index (χ3n) is 1.87. The Bertz CT molecular complexity index is 370. The highest BCUT2D eigenvalue weighted by atomic mass is 16.7. The molecule has 0 aliphatic carbocycles. The fourth-order valence-corrected chi connectivity index (χ4v) is 1.03. The van der Waals surface area contributed by atoms with Gasteiger partial charge in [-0.25, -0.2) is 5.48 Å². The average Bonchev–Trinajstić information content (AvgIpc) is 2.33. The zero-order chi connectivity index (χ0) is 12.5. The van der Waals surface area contributed by atoms with Crippen LogP contribution < -0.4 is 10.2 Å². The number of rotatable bonds is 6. The first-order chi connectivity index (χ1) is 8.18. The molecular weight excluding hydrogens is 218 g/mol. The molecule has 0 radical (unpaired) electrons. The van der Waals surface area contributed by atoms with Gasteiger partial charge in [-0.15, -0.1) is 0 Å². The maximum Gasteiger partial charge on any atom is 0.281 e. The maximum absolute atomic E-state index is 11.3. The Hall–Kier alpha value is -1.81. The smallest absolute Gasteiger partial charge is 0.281 e. The van der Waals surface area contributed by atoms with Crippen LogP contribution in [-0.4, -0.2) is 19.1 Å². The van der Waals surface area contributed by atoms with E-state index in [0.717, 1.165) is 5.57 Å². The number of benzene rings is 1. The van der Waals surface area contributed by atoms with Crippen molar-refractivity contribution in [2.75, 3.05) is 13.2 Å². The molecule has 4 nitrogen and oxygen atoms in total. The third-order valence-corrected chi connectivity index (χ3v) is 1.87. The molecule has 17 heavy (non-hydrogen) atoms. The molecule has 1 rings (SSSR count). The molecule has 0 saturated carbocycles. The van der Waals surface area contributed by atoms with E-state index in [2.05, 4.69) is 5.48 Å². The van der Waals surface area contributed by atoms with E-state index < -0.39 is 0 Å². The van der Waals surface area contributed by atoms with Crippen molar-refractivity contribution >= 4 is 5.91 Å². The summed E-state index contributed by atoms with van der Waals surface area (Å²) in [4.78, 5) is 16.2. The molecule has 0 aromatic heterocycles. The van der Waals surface area contributed by atoms with Gasteiger partial charge in [-0.05, 0) is 26.0 Å². The van der Waals surface area contributed by atoms with E-state index in [-0.39, 0.29) is 12.5 Å². The van der Waals surface area contributed by atoms with Crippen molar-refractivity contribution in [1.29, 1.82) is 0 Å². The Labute approximate surface area is 101 Å². The van der Waals surface area contributed by atoms with Crippen LogP contribution in [0.4, 0.5) is 0 Å². The van der Waals surface area contributed by atoms with Crippen LogP contribution in [-0.2, 0) is 9.63 Å². The molecule has 0 bridgehead atoms. The van der Waals surface area contributed by atoms with Crippen LogP contribution in [0, 0.1) is 0 Å². The topological polar surface area (TPSA) is 47.6 Å². The normalized spacial score (nSPS) is 9.53. The molecule has 1 N–H and O–H groups in total. The molecule has 0 saturated heterocycles. The molecule has 0 spiro atoms. The van der Waals surface area contributed by atoms with Gasteiger partial charge in [0.15, 0.2) is 6.61 Å². The van der Waals surface area contributed by atoms with Gasteiger partial charge in [0.25, 0.3) is 5.91 Å². The number of allylic oxidation sites excluding steroid dienone is 1. The molecule has 0 unspecified atom stereocenters. The van der Waals surface area contributed by atoms with E-state index in [0.29, 0.717) is 12.4 Å². The lowest BCUT2D eigenvalue weighted by molar-refractivity contribution is -0.134. The molecule has 0 atom stereocenters. The Morgan fingerprint density at radius 2 is 2.00 bits per heavy atom. The van der Waals surface area contributed by atoms with E-state index in [1.165, 1.54) is 0 Å². The summed E-state index contributed by atoms with van der Waals surface area (Å²) in [6, 6.07) is 9.15. The SMILES string of the molecule is CC(C)=CCONC(=O)COc1ccccc1. The molecule has 0 aliphatic rings. The zero-order valence-corrected chi connectivity index (χ0v) is 10.1. The lowest BCUT2D eigenvalue weighted by atomic mass is 10.3. The molecule has 1 aromatic carbocycles. The zero-order valence-electron chi connectivity index (χ0n) is 10.1. The van der Waals surface area contributed by atoms with Gasteiger partial charge < -0.3 is 4.74 Å². The van der Waals surface area contributed by atoms with E-state index in [1.54, 1.807) is 12.1 Å². The van der Waals surface area contributed by atoms with Gasteiger partial charge in [-0.1, -0.05) is 29.8 Å². The summed E-state index contributed by atoms with van der Waals surface area (Å²) in [5, 5.41) is 0. The Balaban J connectivity index is 2.16. The Morgan fingerprint density at radius 3 is 2.65 bits per heavy atom. The van der Waals surface area contributed by atoms with Crippen molar-refractivity contribution in [3.05, 3.63) is 42.0 Å². The minimum absolute atomic E-state index is 0.0567. The summed E-state index contributed by atoms with van der Waals surface area (Å²) in [6.07, 6.45) is 1.87. The van der Waals surface area contributed by atoms with Crippen LogP contribution in [0.2, 0.25) is 0 Å². The van der Waals surface area contributed by atoms with Crippen LogP contribution in [0.5, 0.6) is 5.75 Å².